The smallest absolute Gasteiger partial charge is 0.258 e. The van der Waals surface area contributed by atoms with Gasteiger partial charge in [-0.3, -0.25) is 4.79 Å². The third-order valence-electron chi connectivity index (χ3n) is 3.36. The molecule has 0 saturated carbocycles. The van der Waals surface area contributed by atoms with Gasteiger partial charge in [-0.1, -0.05) is 35.3 Å². The zero-order valence-electron chi connectivity index (χ0n) is 14.0. The van der Waals surface area contributed by atoms with Gasteiger partial charge >= 0.3 is 0 Å². The van der Waals surface area contributed by atoms with E-state index in [-0.39, 0.29) is 24.1 Å². The van der Waals surface area contributed by atoms with Crippen LogP contribution in [0, 0.1) is 0 Å². The first kappa shape index (κ1) is 19.4. The molecule has 0 saturated heterocycles. The van der Waals surface area contributed by atoms with Gasteiger partial charge in [-0.05, 0) is 29.6 Å². The van der Waals surface area contributed by atoms with Crippen LogP contribution in [0.5, 0.6) is 11.6 Å². The lowest BCUT2D eigenvalue weighted by Gasteiger charge is -2.10. The molecule has 0 aliphatic carbocycles. The Morgan fingerprint density at radius 2 is 1.96 bits per heavy atom. The topological polar surface area (TPSA) is 73.3 Å². The molecule has 0 spiro atoms. The molecule has 3 rings (SSSR count). The molecule has 6 nitrogen and oxygen atoms in total. The van der Waals surface area contributed by atoms with Crippen LogP contribution < -0.4 is 14.8 Å². The second-order valence-corrected chi connectivity index (χ2v) is 7.01. The van der Waals surface area contributed by atoms with Crippen molar-refractivity contribution >= 4 is 40.4 Å². The molecule has 0 unspecified atom stereocenters. The molecular weight excluding hydrogens is 409 g/mol. The number of aromatic nitrogens is 2. The van der Waals surface area contributed by atoms with Crippen LogP contribution in [0.15, 0.2) is 47.8 Å². The highest BCUT2D eigenvalue weighted by molar-refractivity contribution is 7.13. The molecule has 2 aromatic heterocycles. The highest BCUT2D eigenvalue weighted by atomic mass is 35.5. The standard InChI is InChI=1S/C18H15Cl2N3O3S/c19-12-3-1-4-14(18(12)20)26-11-16(24)21-8-9-25-17-7-6-13(22-23-17)15-5-2-10-27-15/h1-7,10H,8-9,11H2,(H,21,24). The van der Waals surface area contributed by atoms with Crippen molar-refractivity contribution in [1.29, 1.82) is 0 Å². The molecule has 2 heterocycles. The molecule has 27 heavy (non-hydrogen) atoms. The van der Waals surface area contributed by atoms with Gasteiger partial charge in [-0.15, -0.1) is 21.5 Å². The number of carbonyl (C=O) groups is 1. The van der Waals surface area contributed by atoms with Gasteiger partial charge in [0.25, 0.3) is 5.91 Å². The fraction of sp³-hybridized carbons (Fsp3) is 0.167. The van der Waals surface area contributed by atoms with Gasteiger partial charge in [0.05, 0.1) is 16.4 Å². The third kappa shape index (κ3) is 5.56. The SMILES string of the molecule is O=C(COc1cccc(Cl)c1Cl)NCCOc1ccc(-c2cccs2)nn1. The quantitative estimate of drug-likeness (QED) is 0.552. The summed E-state index contributed by atoms with van der Waals surface area (Å²) >= 11 is 13.5. The van der Waals surface area contributed by atoms with E-state index in [1.807, 2.05) is 23.6 Å². The predicted molar refractivity (Wildman–Crippen MR) is 106 cm³/mol. The molecule has 0 atom stereocenters. The van der Waals surface area contributed by atoms with Gasteiger partial charge in [0.2, 0.25) is 5.88 Å². The van der Waals surface area contributed by atoms with Crippen LogP contribution in [-0.4, -0.2) is 35.9 Å². The number of carbonyl (C=O) groups excluding carboxylic acids is 1. The van der Waals surface area contributed by atoms with Crippen molar-refractivity contribution < 1.29 is 14.3 Å². The third-order valence-corrected chi connectivity index (χ3v) is 5.06. The first-order chi connectivity index (χ1) is 13.1. The Kier molecular flexibility index (Phi) is 6.86. The molecule has 0 aliphatic rings. The first-order valence-corrected chi connectivity index (χ1v) is 9.61. The Morgan fingerprint density at radius 1 is 1.07 bits per heavy atom. The Morgan fingerprint density at radius 3 is 2.70 bits per heavy atom. The molecule has 0 fully saturated rings. The Balaban J connectivity index is 1.37. The Labute approximate surface area is 170 Å². The van der Waals surface area contributed by atoms with Crippen molar-refractivity contribution in [2.45, 2.75) is 0 Å². The minimum Gasteiger partial charge on any atom is -0.482 e. The maximum absolute atomic E-state index is 11.8. The van der Waals surface area contributed by atoms with E-state index in [0.29, 0.717) is 23.2 Å². The van der Waals surface area contributed by atoms with Crippen LogP contribution in [0.1, 0.15) is 0 Å². The molecule has 0 bridgehead atoms. The largest absolute Gasteiger partial charge is 0.482 e. The molecular formula is C18H15Cl2N3O3S. The lowest BCUT2D eigenvalue weighted by Crippen LogP contribution is -2.32. The second-order valence-electron chi connectivity index (χ2n) is 5.27. The second kappa shape index (κ2) is 9.55. The van der Waals surface area contributed by atoms with Crippen molar-refractivity contribution in [3.05, 3.63) is 57.9 Å². The molecule has 3 aromatic rings. The van der Waals surface area contributed by atoms with Crippen LogP contribution in [0.25, 0.3) is 10.6 Å². The van der Waals surface area contributed by atoms with Crippen LogP contribution >= 0.6 is 34.5 Å². The van der Waals surface area contributed by atoms with Crippen LogP contribution in [0.2, 0.25) is 10.0 Å². The zero-order valence-corrected chi connectivity index (χ0v) is 16.4. The normalized spacial score (nSPS) is 10.4. The van der Waals surface area contributed by atoms with Crippen molar-refractivity contribution in [1.82, 2.24) is 15.5 Å². The van der Waals surface area contributed by atoms with Gasteiger partial charge in [0.1, 0.15) is 23.1 Å². The number of hydrogen-bond acceptors (Lipinski definition) is 6. The number of rotatable bonds is 8. The number of hydrogen-bond donors (Lipinski definition) is 1. The van der Waals surface area contributed by atoms with Gasteiger partial charge < -0.3 is 14.8 Å². The summed E-state index contributed by atoms with van der Waals surface area (Å²) in [6, 6.07) is 12.5. The van der Waals surface area contributed by atoms with E-state index >= 15 is 0 Å². The van der Waals surface area contributed by atoms with E-state index < -0.39 is 0 Å². The minimum absolute atomic E-state index is 0.171. The summed E-state index contributed by atoms with van der Waals surface area (Å²) in [6.45, 7) is 0.395. The van der Waals surface area contributed by atoms with Crippen LogP contribution in [-0.2, 0) is 4.79 Å². The average molecular weight is 424 g/mol. The molecule has 1 aromatic carbocycles. The lowest BCUT2D eigenvalue weighted by atomic mass is 10.3. The monoisotopic (exact) mass is 423 g/mol. The maximum atomic E-state index is 11.8. The molecule has 140 valence electrons. The van der Waals surface area contributed by atoms with E-state index in [4.69, 9.17) is 32.7 Å². The van der Waals surface area contributed by atoms with Crippen molar-refractivity contribution in [2.24, 2.45) is 0 Å². The summed E-state index contributed by atoms with van der Waals surface area (Å²) in [5, 5.41) is 13.4. The molecule has 0 aliphatic heterocycles. The fourth-order valence-corrected chi connectivity index (χ4v) is 3.13. The first-order valence-electron chi connectivity index (χ1n) is 7.97. The van der Waals surface area contributed by atoms with Crippen LogP contribution in [0.4, 0.5) is 0 Å². The lowest BCUT2D eigenvalue weighted by molar-refractivity contribution is -0.123. The number of benzene rings is 1. The molecule has 9 heteroatoms. The maximum Gasteiger partial charge on any atom is 0.258 e. The number of nitrogens with zero attached hydrogens (tertiary/aromatic N) is 2. The Hall–Kier alpha value is -2.35. The van der Waals surface area contributed by atoms with Gasteiger partial charge in [-0.25, -0.2) is 0 Å². The summed E-state index contributed by atoms with van der Waals surface area (Å²) in [6.07, 6.45) is 0. The number of ether oxygens (including phenoxy) is 2. The van der Waals surface area contributed by atoms with E-state index in [1.54, 1.807) is 35.6 Å². The van der Waals surface area contributed by atoms with Crippen LogP contribution in [0.3, 0.4) is 0 Å². The summed E-state index contributed by atoms with van der Waals surface area (Å²) in [7, 11) is 0. The van der Waals surface area contributed by atoms with Gasteiger partial charge in [0.15, 0.2) is 6.61 Å². The molecule has 0 radical (unpaired) electrons. The number of nitrogens with one attached hydrogen (secondary N) is 1. The molecule has 1 amide bonds. The average Bonchev–Trinajstić information content (AvgIpc) is 3.22. The van der Waals surface area contributed by atoms with E-state index in [1.165, 1.54) is 0 Å². The van der Waals surface area contributed by atoms with Crippen molar-refractivity contribution in [3.63, 3.8) is 0 Å². The number of halogens is 2. The summed E-state index contributed by atoms with van der Waals surface area (Å²) in [5.41, 5.74) is 0.794. The summed E-state index contributed by atoms with van der Waals surface area (Å²) in [4.78, 5) is 12.8. The predicted octanol–water partition coefficient (Wildman–Crippen LogP) is 4.09. The van der Waals surface area contributed by atoms with Crippen molar-refractivity contribution in [2.75, 3.05) is 19.8 Å². The highest BCUT2D eigenvalue weighted by Crippen LogP contribution is 2.31. The number of amides is 1. The van der Waals surface area contributed by atoms with Crippen molar-refractivity contribution in [3.8, 4) is 22.2 Å². The fourth-order valence-electron chi connectivity index (χ4n) is 2.09. The van der Waals surface area contributed by atoms with E-state index in [9.17, 15) is 4.79 Å². The zero-order chi connectivity index (χ0) is 19.1. The van der Waals surface area contributed by atoms with E-state index in [2.05, 4.69) is 15.5 Å². The summed E-state index contributed by atoms with van der Waals surface area (Å²) < 4.78 is 10.8. The van der Waals surface area contributed by atoms with Gasteiger partial charge in [0, 0.05) is 6.07 Å². The Bertz CT molecular complexity index is 889. The van der Waals surface area contributed by atoms with Gasteiger partial charge in [-0.2, -0.15) is 0 Å². The highest BCUT2D eigenvalue weighted by Gasteiger charge is 2.08. The minimum atomic E-state index is -0.297. The summed E-state index contributed by atoms with van der Waals surface area (Å²) in [5.74, 6) is 0.456. The molecule has 1 N–H and O–H groups in total. The number of thiophene rings is 1. The van der Waals surface area contributed by atoms with E-state index in [0.717, 1.165) is 10.6 Å².